The second-order valence-corrected chi connectivity index (χ2v) is 3.75. The number of nitrogens with two attached hydrogens (primary N) is 1. The number of aromatic nitrogens is 2. The molecule has 0 spiro atoms. The maximum Gasteiger partial charge on any atom is 0.140 e. The van der Waals surface area contributed by atoms with Crippen molar-refractivity contribution in [2.24, 2.45) is 0 Å². The maximum absolute atomic E-state index is 5.83. The zero-order valence-corrected chi connectivity index (χ0v) is 9.61. The minimum Gasteiger partial charge on any atom is -0.496 e. The molecular formula is C11H12ClN3O. The van der Waals surface area contributed by atoms with Crippen molar-refractivity contribution in [3.63, 3.8) is 0 Å². The van der Waals surface area contributed by atoms with Crippen LogP contribution in [0, 0.1) is 0 Å². The van der Waals surface area contributed by atoms with Crippen molar-refractivity contribution in [1.29, 1.82) is 0 Å². The Kier molecular flexibility index (Phi) is 3.01. The van der Waals surface area contributed by atoms with Crippen molar-refractivity contribution >= 4 is 17.4 Å². The van der Waals surface area contributed by atoms with Crippen molar-refractivity contribution in [3.05, 3.63) is 41.0 Å². The van der Waals surface area contributed by atoms with Crippen LogP contribution in [-0.2, 0) is 6.54 Å². The molecule has 2 aromatic rings. The smallest absolute Gasteiger partial charge is 0.140 e. The SMILES string of the molecule is COc1ccccc1Cn1ncc(Cl)c1N. The summed E-state index contributed by atoms with van der Waals surface area (Å²) in [7, 11) is 1.64. The Morgan fingerprint density at radius 2 is 2.19 bits per heavy atom. The number of nitrogens with zero attached hydrogens (tertiary/aromatic N) is 2. The minimum atomic E-state index is 0.465. The molecule has 0 bridgehead atoms. The van der Waals surface area contributed by atoms with Crippen molar-refractivity contribution in [2.75, 3.05) is 12.8 Å². The maximum atomic E-state index is 5.83. The van der Waals surface area contributed by atoms with Crippen LogP contribution in [0.2, 0.25) is 5.02 Å². The number of methoxy groups -OCH3 is 1. The van der Waals surface area contributed by atoms with E-state index < -0.39 is 0 Å². The molecule has 0 aliphatic heterocycles. The second kappa shape index (κ2) is 4.45. The van der Waals surface area contributed by atoms with E-state index in [9.17, 15) is 0 Å². The van der Waals surface area contributed by atoms with Gasteiger partial charge in [-0.2, -0.15) is 5.10 Å². The molecule has 0 saturated heterocycles. The van der Waals surface area contributed by atoms with Gasteiger partial charge in [-0.3, -0.25) is 0 Å². The average Bonchev–Trinajstić information content (AvgIpc) is 2.62. The molecule has 4 nitrogen and oxygen atoms in total. The van der Waals surface area contributed by atoms with E-state index in [0.717, 1.165) is 11.3 Å². The Labute approximate surface area is 98.6 Å². The molecule has 0 radical (unpaired) electrons. The molecule has 0 unspecified atom stereocenters. The fourth-order valence-corrected chi connectivity index (χ4v) is 1.63. The molecular weight excluding hydrogens is 226 g/mol. The third-order valence-corrected chi connectivity index (χ3v) is 2.64. The van der Waals surface area contributed by atoms with Gasteiger partial charge in [0.05, 0.1) is 19.9 Å². The fraction of sp³-hybridized carbons (Fsp3) is 0.182. The summed E-state index contributed by atoms with van der Waals surface area (Å²) >= 11 is 5.83. The molecule has 1 heterocycles. The van der Waals surface area contributed by atoms with Gasteiger partial charge in [0.25, 0.3) is 0 Å². The molecule has 0 aliphatic carbocycles. The van der Waals surface area contributed by atoms with Gasteiger partial charge in [-0.1, -0.05) is 29.8 Å². The quantitative estimate of drug-likeness (QED) is 0.890. The number of para-hydroxylation sites is 1. The summed E-state index contributed by atoms with van der Waals surface area (Å²) in [5, 5.41) is 4.56. The Bertz CT molecular complexity index is 496. The number of hydrogen-bond donors (Lipinski definition) is 1. The normalized spacial score (nSPS) is 10.4. The highest BCUT2D eigenvalue weighted by molar-refractivity contribution is 6.32. The lowest BCUT2D eigenvalue weighted by atomic mass is 10.2. The van der Waals surface area contributed by atoms with E-state index in [1.807, 2.05) is 24.3 Å². The van der Waals surface area contributed by atoms with Crippen LogP contribution in [-0.4, -0.2) is 16.9 Å². The number of nitrogen functional groups attached to an aromatic ring is 1. The topological polar surface area (TPSA) is 53.1 Å². The first-order chi connectivity index (χ1) is 7.72. The summed E-state index contributed by atoms with van der Waals surface area (Å²) < 4.78 is 6.89. The van der Waals surface area contributed by atoms with Crippen LogP contribution in [0.3, 0.4) is 0 Å². The van der Waals surface area contributed by atoms with Crippen LogP contribution >= 0.6 is 11.6 Å². The predicted molar refractivity (Wildman–Crippen MR) is 63.7 cm³/mol. The Morgan fingerprint density at radius 1 is 1.44 bits per heavy atom. The van der Waals surface area contributed by atoms with Crippen LogP contribution < -0.4 is 10.5 Å². The molecule has 1 aromatic carbocycles. The number of halogens is 1. The Hall–Kier alpha value is -1.68. The van der Waals surface area contributed by atoms with Gasteiger partial charge in [0, 0.05) is 5.56 Å². The van der Waals surface area contributed by atoms with Crippen molar-refractivity contribution in [1.82, 2.24) is 9.78 Å². The molecule has 0 saturated carbocycles. The average molecular weight is 238 g/mol. The predicted octanol–water partition coefficient (Wildman–Crippen LogP) is 2.18. The number of benzene rings is 1. The van der Waals surface area contributed by atoms with Crippen molar-refractivity contribution in [3.8, 4) is 5.75 Å². The highest BCUT2D eigenvalue weighted by atomic mass is 35.5. The molecule has 2 N–H and O–H groups in total. The van der Waals surface area contributed by atoms with Crippen molar-refractivity contribution < 1.29 is 4.74 Å². The van der Waals surface area contributed by atoms with Crippen LogP contribution in [0.5, 0.6) is 5.75 Å². The largest absolute Gasteiger partial charge is 0.496 e. The van der Waals surface area contributed by atoms with Gasteiger partial charge in [-0.25, -0.2) is 4.68 Å². The standard InChI is InChI=1S/C11H12ClN3O/c1-16-10-5-3-2-4-8(10)7-15-11(13)9(12)6-14-15/h2-6H,7,13H2,1H3. The molecule has 0 aliphatic rings. The highest BCUT2D eigenvalue weighted by Crippen LogP contribution is 2.22. The monoisotopic (exact) mass is 237 g/mol. The third-order valence-electron chi connectivity index (χ3n) is 2.35. The lowest BCUT2D eigenvalue weighted by Gasteiger charge is -2.09. The first kappa shape index (κ1) is 10.8. The van der Waals surface area contributed by atoms with E-state index in [1.54, 1.807) is 11.8 Å². The molecule has 16 heavy (non-hydrogen) atoms. The molecule has 1 aromatic heterocycles. The van der Waals surface area contributed by atoms with E-state index in [0.29, 0.717) is 17.4 Å². The van der Waals surface area contributed by atoms with Gasteiger partial charge in [-0.15, -0.1) is 0 Å². The van der Waals surface area contributed by atoms with Gasteiger partial charge in [0.1, 0.15) is 16.6 Å². The molecule has 2 rings (SSSR count). The van der Waals surface area contributed by atoms with Gasteiger partial charge >= 0.3 is 0 Å². The minimum absolute atomic E-state index is 0.465. The summed E-state index contributed by atoms with van der Waals surface area (Å²) in [6.45, 7) is 0.544. The molecule has 84 valence electrons. The van der Waals surface area contributed by atoms with Crippen molar-refractivity contribution in [2.45, 2.75) is 6.54 Å². The number of anilines is 1. The molecule has 5 heteroatoms. The molecule has 0 atom stereocenters. The van der Waals surface area contributed by atoms with Gasteiger partial charge < -0.3 is 10.5 Å². The van der Waals surface area contributed by atoms with E-state index in [4.69, 9.17) is 22.1 Å². The Morgan fingerprint density at radius 3 is 2.81 bits per heavy atom. The van der Waals surface area contributed by atoms with Gasteiger partial charge in [0.2, 0.25) is 0 Å². The van der Waals surface area contributed by atoms with Crippen LogP contribution in [0.1, 0.15) is 5.56 Å². The van der Waals surface area contributed by atoms with Crippen LogP contribution in [0.4, 0.5) is 5.82 Å². The zero-order valence-electron chi connectivity index (χ0n) is 8.85. The summed E-state index contributed by atoms with van der Waals surface area (Å²) in [5.74, 6) is 1.28. The lowest BCUT2D eigenvalue weighted by Crippen LogP contribution is -2.06. The molecule has 0 amide bonds. The second-order valence-electron chi connectivity index (χ2n) is 3.35. The van der Waals surface area contributed by atoms with Crippen LogP contribution in [0.15, 0.2) is 30.5 Å². The van der Waals surface area contributed by atoms with E-state index >= 15 is 0 Å². The third kappa shape index (κ3) is 1.97. The van der Waals surface area contributed by atoms with E-state index in [2.05, 4.69) is 5.10 Å². The summed E-state index contributed by atoms with van der Waals surface area (Å²) in [5.41, 5.74) is 6.78. The fourth-order valence-electron chi connectivity index (χ4n) is 1.49. The van der Waals surface area contributed by atoms with E-state index in [-0.39, 0.29) is 0 Å². The lowest BCUT2D eigenvalue weighted by molar-refractivity contribution is 0.407. The zero-order chi connectivity index (χ0) is 11.5. The number of ether oxygens (including phenoxy) is 1. The van der Waals surface area contributed by atoms with Crippen LogP contribution in [0.25, 0.3) is 0 Å². The Balaban J connectivity index is 2.30. The first-order valence-electron chi connectivity index (χ1n) is 4.81. The summed E-state index contributed by atoms with van der Waals surface area (Å²) in [6.07, 6.45) is 1.53. The summed E-state index contributed by atoms with van der Waals surface area (Å²) in [6, 6.07) is 7.73. The highest BCUT2D eigenvalue weighted by Gasteiger charge is 2.08. The molecule has 0 fully saturated rings. The number of hydrogen-bond acceptors (Lipinski definition) is 3. The first-order valence-corrected chi connectivity index (χ1v) is 5.19. The van der Waals surface area contributed by atoms with E-state index in [1.165, 1.54) is 6.20 Å². The number of rotatable bonds is 3. The summed E-state index contributed by atoms with van der Waals surface area (Å²) in [4.78, 5) is 0. The van der Waals surface area contributed by atoms with Gasteiger partial charge in [-0.05, 0) is 6.07 Å². The van der Waals surface area contributed by atoms with Gasteiger partial charge in [0.15, 0.2) is 0 Å².